The van der Waals surface area contributed by atoms with Crippen LogP contribution in [0.5, 0.6) is 0 Å². The Kier molecular flexibility index (Phi) is 67.1. The van der Waals surface area contributed by atoms with E-state index in [1.807, 2.05) is 0 Å². The fraction of sp³-hybridized carbons (Fsp3) is 0.949. The molecule has 97 heavy (non-hydrogen) atoms. The molecule has 0 aromatic rings. The summed E-state index contributed by atoms with van der Waals surface area (Å²) < 4.78 is 68.6. The van der Waals surface area contributed by atoms with Gasteiger partial charge in [0.2, 0.25) is 0 Å². The quantitative estimate of drug-likeness (QED) is 0.0222. The highest BCUT2D eigenvalue weighted by molar-refractivity contribution is 7.47. The molecule has 0 aliphatic rings. The molecule has 0 saturated heterocycles. The SMILES string of the molecule is CCCCCCCCCCCCCCCCCCC(=O)OC[C@H](COP(=O)(O)OC[C@@H](O)COP(=O)(O)OC[C@@H](COC(=O)CCCCCCCCC(C)CC)OC(=O)CCCCCCCCCCCCC(C)C)OC(=O)CCCCCCCCCCCCCCCCCC(C)C. The molecule has 0 aromatic carbocycles. The average Bonchev–Trinajstić information content (AvgIpc) is 1.10. The molecular formula is C78H152O17P2. The van der Waals surface area contributed by atoms with Crippen LogP contribution in [0, 0.1) is 17.8 Å². The molecule has 576 valence electrons. The maximum atomic E-state index is 13.1. The Hall–Kier alpha value is -1.94. The predicted octanol–water partition coefficient (Wildman–Crippen LogP) is 23.0. The minimum atomic E-state index is -4.96. The fourth-order valence-corrected chi connectivity index (χ4v) is 13.5. The van der Waals surface area contributed by atoms with Gasteiger partial charge in [0.25, 0.3) is 0 Å². The molecule has 17 nitrogen and oxygen atoms in total. The first-order chi connectivity index (χ1) is 46.8. The van der Waals surface area contributed by atoms with E-state index in [0.717, 1.165) is 114 Å². The van der Waals surface area contributed by atoms with Crippen molar-refractivity contribution < 1.29 is 80.2 Å². The number of ether oxygens (including phenoxy) is 4. The Bertz CT molecular complexity index is 1890. The number of phosphoric ester groups is 2. The minimum Gasteiger partial charge on any atom is -0.462 e. The van der Waals surface area contributed by atoms with Crippen molar-refractivity contribution >= 4 is 39.5 Å². The van der Waals surface area contributed by atoms with E-state index in [1.54, 1.807) is 0 Å². The second-order valence-electron chi connectivity index (χ2n) is 29.3. The Morgan fingerprint density at radius 1 is 0.299 bits per heavy atom. The van der Waals surface area contributed by atoms with E-state index < -0.39 is 97.5 Å². The van der Waals surface area contributed by atoms with E-state index in [-0.39, 0.29) is 25.7 Å². The van der Waals surface area contributed by atoms with Gasteiger partial charge in [-0.05, 0) is 43.4 Å². The third-order valence-corrected chi connectivity index (χ3v) is 20.4. The highest BCUT2D eigenvalue weighted by Crippen LogP contribution is 2.45. The molecule has 0 aliphatic carbocycles. The maximum Gasteiger partial charge on any atom is 0.472 e. The Morgan fingerprint density at radius 2 is 0.526 bits per heavy atom. The van der Waals surface area contributed by atoms with E-state index in [0.29, 0.717) is 25.7 Å². The van der Waals surface area contributed by atoms with Crippen LogP contribution in [0.1, 0.15) is 402 Å². The van der Waals surface area contributed by atoms with Crippen molar-refractivity contribution in [2.45, 2.75) is 420 Å². The molecule has 0 saturated carbocycles. The summed E-state index contributed by atoms with van der Waals surface area (Å²) in [5.74, 6) is 0.170. The summed E-state index contributed by atoms with van der Waals surface area (Å²) in [6, 6.07) is 0. The number of hydrogen-bond donors (Lipinski definition) is 3. The van der Waals surface area contributed by atoms with Crippen LogP contribution >= 0.6 is 15.6 Å². The third-order valence-electron chi connectivity index (χ3n) is 18.5. The van der Waals surface area contributed by atoms with E-state index in [9.17, 15) is 43.2 Å². The molecule has 0 aliphatic heterocycles. The fourth-order valence-electron chi connectivity index (χ4n) is 11.9. The van der Waals surface area contributed by atoms with Crippen molar-refractivity contribution in [3.05, 3.63) is 0 Å². The summed E-state index contributed by atoms with van der Waals surface area (Å²) in [6.45, 7) is 11.9. The lowest BCUT2D eigenvalue weighted by Crippen LogP contribution is -2.30. The van der Waals surface area contributed by atoms with Crippen LogP contribution in [-0.4, -0.2) is 96.7 Å². The number of carbonyl (C=O) groups is 4. The van der Waals surface area contributed by atoms with Crippen molar-refractivity contribution in [2.24, 2.45) is 17.8 Å². The van der Waals surface area contributed by atoms with Crippen molar-refractivity contribution in [2.75, 3.05) is 39.6 Å². The molecule has 3 N–H and O–H groups in total. The van der Waals surface area contributed by atoms with Crippen molar-refractivity contribution in [3.63, 3.8) is 0 Å². The summed E-state index contributed by atoms with van der Waals surface area (Å²) >= 11 is 0. The Balaban J connectivity index is 5.25. The number of phosphoric acid groups is 2. The topological polar surface area (TPSA) is 237 Å². The van der Waals surface area contributed by atoms with Crippen LogP contribution in [0.25, 0.3) is 0 Å². The molecule has 0 bridgehead atoms. The van der Waals surface area contributed by atoms with Gasteiger partial charge in [-0.2, -0.15) is 0 Å². The normalized spacial score (nSPS) is 14.3. The van der Waals surface area contributed by atoms with E-state index in [4.69, 9.17) is 37.0 Å². The lowest BCUT2D eigenvalue weighted by Gasteiger charge is -2.21. The zero-order valence-corrected chi connectivity index (χ0v) is 65.3. The van der Waals surface area contributed by atoms with Gasteiger partial charge in [-0.1, -0.05) is 350 Å². The van der Waals surface area contributed by atoms with Gasteiger partial charge >= 0.3 is 39.5 Å². The standard InChI is InChI=1S/C78H152O17P2/c1-8-10-11-12-13-14-15-16-17-20-23-26-32-37-45-52-59-75(80)88-65-73(94-77(82)61-54-47-38-33-27-24-21-18-19-22-25-30-35-42-49-56-69(3)4)67-92-96(84,85)90-63-72(79)64-91-97(86,87)93-68-74(66-89-76(81)60-53-46-41-40-44-51-58-71(7)9-2)95-78(83)62-55-48-39-34-29-28-31-36-43-50-57-70(5)6/h69-74,79H,8-68H2,1-7H3,(H,84,85)(H,86,87)/t71?,72-,73-,74-/m1/s1. The first-order valence-corrected chi connectivity index (χ1v) is 43.4. The largest absolute Gasteiger partial charge is 0.472 e. The second-order valence-corrected chi connectivity index (χ2v) is 32.2. The first-order valence-electron chi connectivity index (χ1n) is 40.4. The third kappa shape index (κ3) is 70.9. The van der Waals surface area contributed by atoms with Gasteiger partial charge in [-0.25, -0.2) is 9.13 Å². The smallest absolute Gasteiger partial charge is 0.462 e. The highest BCUT2D eigenvalue weighted by Gasteiger charge is 2.30. The molecule has 0 rings (SSSR count). The summed E-state index contributed by atoms with van der Waals surface area (Å²) in [4.78, 5) is 72.9. The molecule has 0 fully saturated rings. The van der Waals surface area contributed by atoms with Gasteiger partial charge in [0.1, 0.15) is 19.3 Å². The summed E-state index contributed by atoms with van der Waals surface area (Å²) in [7, 11) is -9.92. The number of aliphatic hydroxyl groups is 1. The van der Waals surface area contributed by atoms with Crippen molar-refractivity contribution in [1.82, 2.24) is 0 Å². The molecular weight excluding hydrogens is 1270 g/mol. The van der Waals surface area contributed by atoms with E-state index in [2.05, 4.69) is 48.5 Å². The Morgan fingerprint density at radius 3 is 0.784 bits per heavy atom. The molecule has 19 heteroatoms. The molecule has 0 aromatic heterocycles. The van der Waals surface area contributed by atoms with Crippen LogP contribution in [0.3, 0.4) is 0 Å². The van der Waals surface area contributed by atoms with Crippen LogP contribution in [0.15, 0.2) is 0 Å². The van der Waals surface area contributed by atoms with Crippen LogP contribution in [-0.2, 0) is 65.4 Å². The monoisotopic (exact) mass is 1420 g/mol. The van der Waals surface area contributed by atoms with Crippen LogP contribution in [0.2, 0.25) is 0 Å². The summed E-state index contributed by atoms with van der Waals surface area (Å²) in [5.41, 5.74) is 0. The van der Waals surface area contributed by atoms with E-state index >= 15 is 0 Å². The van der Waals surface area contributed by atoms with E-state index in [1.165, 1.54) is 205 Å². The van der Waals surface area contributed by atoms with Crippen molar-refractivity contribution in [3.8, 4) is 0 Å². The molecule has 6 atom stereocenters. The van der Waals surface area contributed by atoms with Gasteiger partial charge in [0.15, 0.2) is 12.2 Å². The molecule has 3 unspecified atom stereocenters. The number of hydrogen-bond acceptors (Lipinski definition) is 15. The van der Waals surface area contributed by atoms with Crippen LogP contribution in [0.4, 0.5) is 0 Å². The van der Waals surface area contributed by atoms with Gasteiger partial charge in [-0.15, -0.1) is 0 Å². The molecule has 0 amide bonds. The number of carbonyl (C=O) groups excluding carboxylic acids is 4. The minimum absolute atomic E-state index is 0.105. The number of rotatable bonds is 76. The zero-order valence-electron chi connectivity index (χ0n) is 63.5. The number of unbranched alkanes of at least 4 members (excludes halogenated alkanes) is 43. The number of aliphatic hydroxyl groups excluding tert-OH is 1. The number of esters is 4. The molecule has 0 heterocycles. The lowest BCUT2D eigenvalue weighted by atomic mass is 10.00. The summed E-state index contributed by atoms with van der Waals surface area (Å²) in [6.07, 6.45) is 55.5. The van der Waals surface area contributed by atoms with Gasteiger partial charge in [-0.3, -0.25) is 37.3 Å². The Labute approximate surface area is 594 Å². The molecule has 0 radical (unpaired) electrons. The summed E-state index contributed by atoms with van der Waals surface area (Å²) in [5, 5.41) is 10.6. The highest BCUT2D eigenvalue weighted by atomic mass is 31.2. The molecule has 0 spiro atoms. The zero-order chi connectivity index (χ0) is 71.6. The lowest BCUT2D eigenvalue weighted by molar-refractivity contribution is -0.161. The van der Waals surface area contributed by atoms with Gasteiger partial charge in [0.05, 0.1) is 26.4 Å². The predicted molar refractivity (Wildman–Crippen MR) is 395 cm³/mol. The maximum absolute atomic E-state index is 13.1. The second kappa shape index (κ2) is 68.5. The van der Waals surface area contributed by atoms with Crippen molar-refractivity contribution in [1.29, 1.82) is 0 Å². The average molecular weight is 1420 g/mol. The van der Waals surface area contributed by atoms with Gasteiger partial charge in [0, 0.05) is 25.7 Å². The van der Waals surface area contributed by atoms with Crippen LogP contribution < -0.4 is 0 Å². The first kappa shape index (κ1) is 95.1. The van der Waals surface area contributed by atoms with Gasteiger partial charge < -0.3 is 33.8 Å².